The van der Waals surface area contributed by atoms with Crippen molar-refractivity contribution in [1.82, 2.24) is 0 Å². The Morgan fingerprint density at radius 3 is 2.86 bits per heavy atom. The average molecular weight is 182 g/mol. The number of aryl methyl sites for hydroxylation is 1. The fourth-order valence-electron chi connectivity index (χ4n) is 1.79. The number of benzene rings is 2. The highest BCUT2D eigenvalue weighted by molar-refractivity contribution is 5.86. The molecule has 2 aromatic carbocycles. The normalized spacial score (nSPS) is 10.4. The highest BCUT2D eigenvalue weighted by Crippen LogP contribution is 2.19. The van der Waals surface area contributed by atoms with Crippen molar-refractivity contribution in [3.8, 4) is 0 Å². The van der Waals surface area contributed by atoms with E-state index in [4.69, 9.17) is 0 Å². The standard InChI is InChI=1S/C14H14/c1-3-5-12-8-9-14-11(2)6-4-7-13(14)10-12/h3-4,6-10H,1,5H2,2H3. The van der Waals surface area contributed by atoms with Gasteiger partial charge >= 0.3 is 0 Å². The largest absolute Gasteiger partial charge is 0.103 e. The second-order valence-electron chi connectivity index (χ2n) is 3.62. The monoisotopic (exact) mass is 182 g/mol. The van der Waals surface area contributed by atoms with Gasteiger partial charge in [0.15, 0.2) is 0 Å². The summed E-state index contributed by atoms with van der Waals surface area (Å²) in [7, 11) is 0. The van der Waals surface area contributed by atoms with Crippen molar-refractivity contribution in [2.45, 2.75) is 13.3 Å². The first-order chi connectivity index (χ1) is 6.81. The lowest BCUT2D eigenvalue weighted by atomic mass is 10.0. The van der Waals surface area contributed by atoms with E-state index in [1.807, 2.05) is 6.08 Å². The van der Waals surface area contributed by atoms with Gasteiger partial charge < -0.3 is 0 Å². The molecule has 2 aromatic rings. The van der Waals surface area contributed by atoms with Crippen molar-refractivity contribution < 1.29 is 0 Å². The van der Waals surface area contributed by atoms with Gasteiger partial charge in [0.25, 0.3) is 0 Å². The molecule has 0 radical (unpaired) electrons. The molecule has 0 unspecified atom stereocenters. The van der Waals surface area contributed by atoms with Gasteiger partial charge in [0, 0.05) is 0 Å². The van der Waals surface area contributed by atoms with E-state index >= 15 is 0 Å². The summed E-state index contributed by atoms with van der Waals surface area (Å²) in [5, 5.41) is 2.67. The predicted octanol–water partition coefficient (Wildman–Crippen LogP) is 3.88. The van der Waals surface area contributed by atoms with Crippen LogP contribution in [-0.4, -0.2) is 0 Å². The zero-order chi connectivity index (χ0) is 9.97. The van der Waals surface area contributed by atoms with Gasteiger partial charge in [-0.3, -0.25) is 0 Å². The quantitative estimate of drug-likeness (QED) is 0.618. The predicted molar refractivity (Wildman–Crippen MR) is 62.6 cm³/mol. The van der Waals surface area contributed by atoms with Crippen LogP contribution >= 0.6 is 0 Å². The number of hydrogen-bond donors (Lipinski definition) is 0. The smallest absolute Gasteiger partial charge is 0.00999 e. The van der Waals surface area contributed by atoms with E-state index in [0.29, 0.717) is 0 Å². The third-order valence-electron chi connectivity index (χ3n) is 2.54. The van der Waals surface area contributed by atoms with Crippen LogP contribution in [0.2, 0.25) is 0 Å². The summed E-state index contributed by atoms with van der Waals surface area (Å²) in [6, 6.07) is 13.0. The molecule has 0 atom stereocenters. The number of allylic oxidation sites excluding steroid dienone is 1. The molecule has 0 aliphatic carbocycles. The molecule has 2 rings (SSSR count). The summed E-state index contributed by atoms with van der Waals surface area (Å²) >= 11 is 0. The first-order valence-corrected chi connectivity index (χ1v) is 4.90. The molecule has 0 spiro atoms. The maximum absolute atomic E-state index is 3.75. The highest BCUT2D eigenvalue weighted by atomic mass is 14.0. The minimum absolute atomic E-state index is 0.948. The van der Waals surface area contributed by atoms with Crippen molar-refractivity contribution in [1.29, 1.82) is 0 Å². The maximum atomic E-state index is 3.75. The van der Waals surface area contributed by atoms with Crippen molar-refractivity contribution in [2.75, 3.05) is 0 Å². The van der Waals surface area contributed by atoms with Crippen LogP contribution in [0.15, 0.2) is 49.1 Å². The molecule has 0 nitrogen and oxygen atoms in total. The van der Waals surface area contributed by atoms with Crippen molar-refractivity contribution >= 4 is 10.8 Å². The Morgan fingerprint density at radius 2 is 2.07 bits per heavy atom. The molecule has 0 aliphatic rings. The zero-order valence-corrected chi connectivity index (χ0v) is 8.46. The van der Waals surface area contributed by atoms with Gasteiger partial charge in [-0.05, 0) is 35.2 Å². The Balaban J connectivity index is 2.61. The van der Waals surface area contributed by atoms with E-state index in [9.17, 15) is 0 Å². The first kappa shape index (κ1) is 9.01. The molecule has 0 N–H and O–H groups in total. The SMILES string of the molecule is C=CCc1ccc2c(C)cccc2c1. The minimum Gasteiger partial charge on any atom is -0.103 e. The van der Waals surface area contributed by atoms with Gasteiger partial charge in [0.1, 0.15) is 0 Å². The molecule has 0 fully saturated rings. The Hall–Kier alpha value is -1.56. The first-order valence-electron chi connectivity index (χ1n) is 4.90. The number of rotatable bonds is 2. The van der Waals surface area contributed by atoms with Crippen LogP contribution in [0.25, 0.3) is 10.8 Å². The lowest BCUT2D eigenvalue weighted by Gasteiger charge is -2.03. The van der Waals surface area contributed by atoms with Crippen LogP contribution in [-0.2, 0) is 6.42 Å². The van der Waals surface area contributed by atoms with Crippen molar-refractivity contribution in [3.63, 3.8) is 0 Å². The van der Waals surface area contributed by atoms with Gasteiger partial charge in [-0.1, -0.05) is 42.5 Å². The van der Waals surface area contributed by atoms with E-state index in [1.165, 1.54) is 21.9 Å². The summed E-state index contributed by atoms with van der Waals surface area (Å²) in [4.78, 5) is 0. The third-order valence-corrected chi connectivity index (χ3v) is 2.54. The van der Waals surface area contributed by atoms with Crippen LogP contribution < -0.4 is 0 Å². The topological polar surface area (TPSA) is 0 Å². The van der Waals surface area contributed by atoms with Gasteiger partial charge in [-0.15, -0.1) is 6.58 Å². The minimum atomic E-state index is 0.948. The van der Waals surface area contributed by atoms with Crippen molar-refractivity contribution in [3.05, 3.63) is 60.2 Å². The second-order valence-corrected chi connectivity index (χ2v) is 3.62. The van der Waals surface area contributed by atoms with Crippen LogP contribution in [0.3, 0.4) is 0 Å². The maximum Gasteiger partial charge on any atom is -0.00999 e. The molecular formula is C14H14. The zero-order valence-electron chi connectivity index (χ0n) is 8.46. The molecule has 0 saturated heterocycles. The summed E-state index contributed by atoms with van der Waals surface area (Å²) in [5.74, 6) is 0. The molecule has 14 heavy (non-hydrogen) atoms. The average Bonchev–Trinajstić information content (AvgIpc) is 2.18. The Bertz CT molecular complexity index is 466. The van der Waals surface area contributed by atoms with Gasteiger partial charge in [-0.2, -0.15) is 0 Å². The molecule has 0 aromatic heterocycles. The fourth-order valence-corrected chi connectivity index (χ4v) is 1.79. The lowest BCUT2D eigenvalue weighted by Crippen LogP contribution is -1.83. The van der Waals surface area contributed by atoms with Crippen LogP contribution in [0, 0.1) is 6.92 Å². The van der Waals surface area contributed by atoms with Gasteiger partial charge in [0.2, 0.25) is 0 Å². The molecule has 0 heteroatoms. The molecule has 0 amide bonds. The van der Waals surface area contributed by atoms with Gasteiger partial charge in [0.05, 0.1) is 0 Å². The second kappa shape index (κ2) is 3.67. The van der Waals surface area contributed by atoms with E-state index in [2.05, 4.69) is 49.9 Å². The van der Waals surface area contributed by atoms with Gasteiger partial charge in [-0.25, -0.2) is 0 Å². The summed E-state index contributed by atoms with van der Waals surface area (Å²) in [6.07, 6.45) is 2.89. The molecule has 0 heterocycles. The Kier molecular flexibility index (Phi) is 2.36. The van der Waals surface area contributed by atoms with Crippen LogP contribution in [0.4, 0.5) is 0 Å². The fraction of sp³-hybridized carbons (Fsp3) is 0.143. The van der Waals surface area contributed by atoms with E-state index in [-0.39, 0.29) is 0 Å². The van der Waals surface area contributed by atoms with E-state index < -0.39 is 0 Å². The van der Waals surface area contributed by atoms with E-state index in [0.717, 1.165) is 6.42 Å². The highest BCUT2D eigenvalue weighted by Gasteiger charge is 1.97. The summed E-state index contributed by atoms with van der Waals surface area (Å²) < 4.78 is 0. The van der Waals surface area contributed by atoms with Crippen LogP contribution in [0.5, 0.6) is 0 Å². The molecule has 0 bridgehead atoms. The molecule has 0 saturated carbocycles. The van der Waals surface area contributed by atoms with Crippen LogP contribution in [0.1, 0.15) is 11.1 Å². The summed E-state index contributed by atoms with van der Waals surface area (Å²) in [5.41, 5.74) is 2.67. The third kappa shape index (κ3) is 1.56. The van der Waals surface area contributed by atoms with Crippen molar-refractivity contribution in [2.24, 2.45) is 0 Å². The number of fused-ring (bicyclic) bond motifs is 1. The number of hydrogen-bond acceptors (Lipinski definition) is 0. The Morgan fingerprint density at radius 1 is 1.21 bits per heavy atom. The van der Waals surface area contributed by atoms with E-state index in [1.54, 1.807) is 0 Å². The Labute approximate surface area is 84.9 Å². The molecule has 70 valence electrons. The summed E-state index contributed by atoms with van der Waals surface area (Å²) in [6.45, 7) is 5.90. The molecular weight excluding hydrogens is 168 g/mol. The lowest BCUT2D eigenvalue weighted by molar-refractivity contribution is 1.29. The molecule has 0 aliphatic heterocycles.